The minimum Gasteiger partial charge on any atom is -0.390 e. The van der Waals surface area contributed by atoms with Crippen LogP contribution >= 0.6 is 0 Å². The Morgan fingerprint density at radius 1 is 1.45 bits per heavy atom. The third-order valence-corrected chi connectivity index (χ3v) is 1.84. The Morgan fingerprint density at radius 2 is 2.00 bits per heavy atom. The van der Waals surface area contributed by atoms with E-state index in [1.165, 1.54) is 0 Å². The Kier molecular flexibility index (Phi) is 1.71. The Balaban J connectivity index is 2.74. The van der Waals surface area contributed by atoms with E-state index in [1.54, 1.807) is 6.92 Å². The largest absolute Gasteiger partial charge is 0.390 e. The summed E-state index contributed by atoms with van der Waals surface area (Å²) in [6.07, 6.45) is 0.835. The summed E-state index contributed by atoms with van der Waals surface area (Å²) < 4.78 is 0. The maximum atomic E-state index is 11.0. The van der Waals surface area contributed by atoms with Crippen LogP contribution in [0.1, 0.15) is 33.6 Å². The molecule has 0 aromatic heterocycles. The molecule has 0 aromatic carbocycles. The molecule has 1 atom stereocenters. The molecule has 3 heteroatoms. The lowest BCUT2D eigenvalue weighted by Crippen LogP contribution is -2.55. The van der Waals surface area contributed by atoms with Crippen LogP contribution in [0.3, 0.4) is 0 Å². The number of aliphatic hydroxyl groups is 1. The van der Waals surface area contributed by atoms with E-state index in [2.05, 4.69) is 5.32 Å². The number of carbonyl (C=O) groups excluding carboxylic acids is 1. The van der Waals surface area contributed by atoms with Crippen molar-refractivity contribution >= 4 is 5.91 Å². The number of piperidine rings is 1. The van der Waals surface area contributed by atoms with Crippen LogP contribution < -0.4 is 5.32 Å². The fourth-order valence-electron chi connectivity index (χ4n) is 1.83. The molecule has 1 amide bonds. The summed E-state index contributed by atoms with van der Waals surface area (Å²) in [5.74, 6) is -0.0637. The molecule has 1 fully saturated rings. The monoisotopic (exact) mass is 157 g/mol. The molecular weight excluding hydrogens is 142 g/mol. The van der Waals surface area contributed by atoms with Gasteiger partial charge in [0.25, 0.3) is 0 Å². The first-order chi connectivity index (χ1) is 4.81. The Labute approximate surface area is 66.8 Å². The lowest BCUT2D eigenvalue weighted by atomic mass is 9.82. The fraction of sp³-hybridized carbons (Fsp3) is 0.875. The number of amides is 1. The van der Waals surface area contributed by atoms with Gasteiger partial charge >= 0.3 is 0 Å². The number of hydrogen-bond acceptors (Lipinski definition) is 2. The summed E-state index contributed by atoms with van der Waals surface area (Å²) in [6.45, 7) is 5.53. The quantitative estimate of drug-likeness (QED) is 0.535. The first-order valence-corrected chi connectivity index (χ1v) is 3.84. The van der Waals surface area contributed by atoms with E-state index in [0.29, 0.717) is 6.42 Å². The molecule has 1 saturated heterocycles. The molecule has 3 nitrogen and oxygen atoms in total. The first kappa shape index (κ1) is 8.53. The SMILES string of the molecule is CC1(O)CC(=O)NC(C)(C)C1. The van der Waals surface area contributed by atoms with Gasteiger partial charge < -0.3 is 10.4 Å². The van der Waals surface area contributed by atoms with Gasteiger partial charge in [0.05, 0.1) is 12.0 Å². The second kappa shape index (κ2) is 2.21. The van der Waals surface area contributed by atoms with E-state index in [1.807, 2.05) is 13.8 Å². The lowest BCUT2D eigenvalue weighted by Gasteiger charge is -2.39. The van der Waals surface area contributed by atoms with Gasteiger partial charge in [0.15, 0.2) is 0 Å². The Morgan fingerprint density at radius 3 is 2.36 bits per heavy atom. The van der Waals surface area contributed by atoms with E-state index in [9.17, 15) is 9.90 Å². The molecule has 11 heavy (non-hydrogen) atoms. The van der Waals surface area contributed by atoms with Crippen molar-refractivity contribution in [3.63, 3.8) is 0 Å². The van der Waals surface area contributed by atoms with E-state index in [0.717, 1.165) is 0 Å². The highest BCUT2D eigenvalue weighted by molar-refractivity contribution is 5.78. The van der Waals surface area contributed by atoms with Crippen LogP contribution in [0.5, 0.6) is 0 Å². The molecule has 0 spiro atoms. The van der Waals surface area contributed by atoms with Crippen molar-refractivity contribution in [1.29, 1.82) is 0 Å². The zero-order chi connectivity index (χ0) is 8.70. The minimum atomic E-state index is -0.828. The summed E-state index contributed by atoms with van der Waals surface area (Å²) in [5, 5.41) is 12.4. The zero-order valence-electron chi connectivity index (χ0n) is 7.27. The van der Waals surface area contributed by atoms with Gasteiger partial charge in [-0.15, -0.1) is 0 Å². The molecule has 1 heterocycles. The van der Waals surface area contributed by atoms with Crippen LogP contribution in [0.15, 0.2) is 0 Å². The molecule has 1 rings (SSSR count). The maximum absolute atomic E-state index is 11.0. The summed E-state index contributed by atoms with van der Waals surface area (Å²) >= 11 is 0. The summed E-state index contributed by atoms with van der Waals surface area (Å²) in [7, 11) is 0. The second-order valence-corrected chi connectivity index (χ2v) is 4.28. The minimum absolute atomic E-state index is 0.0637. The number of nitrogens with one attached hydrogen (secondary N) is 1. The van der Waals surface area contributed by atoms with Gasteiger partial charge in [0, 0.05) is 5.54 Å². The van der Waals surface area contributed by atoms with Crippen LogP contribution in [-0.2, 0) is 4.79 Å². The average Bonchev–Trinajstić information content (AvgIpc) is 1.49. The normalized spacial score (nSPS) is 36.5. The molecule has 1 aliphatic rings. The van der Waals surface area contributed by atoms with Crippen LogP contribution in [0, 0.1) is 0 Å². The standard InChI is InChI=1S/C8H15NO2/c1-7(2)5-8(3,11)4-6(10)9-7/h11H,4-5H2,1-3H3,(H,9,10). The van der Waals surface area contributed by atoms with Crippen LogP contribution in [0.2, 0.25) is 0 Å². The van der Waals surface area contributed by atoms with Crippen LogP contribution in [-0.4, -0.2) is 22.2 Å². The van der Waals surface area contributed by atoms with Crippen molar-refractivity contribution in [3.05, 3.63) is 0 Å². The van der Waals surface area contributed by atoms with Gasteiger partial charge in [-0.1, -0.05) is 0 Å². The van der Waals surface area contributed by atoms with E-state index < -0.39 is 5.60 Å². The highest BCUT2D eigenvalue weighted by atomic mass is 16.3. The Hall–Kier alpha value is -0.570. The molecule has 2 N–H and O–H groups in total. The van der Waals surface area contributed by atoms with E-state index >= 15 is 0 Å². The molecule has 0 bridgehead atoms. The average molecular weight is 157 g/mol. The van der Waals surface area contributed by atoms with Gasteiger partial charge in [-0.3, -0.25) is 4.79 Å². The topological polar surface area (TPSA) is 49.3 Å². The van der Waals surface area contributed by atoms with Gasteiger partial charge in [-0.2, -0.15) is 0 Å². The lowest BCUT2D eigenvalue weighted by molar-refractivity contribution is -0.133. The van der Waals surface area contributed by atoms with Crippen molar-refractivity contribution in [3.8, 4) is 0 Å². The van der Waals surface area contributed by atoms with Crippen molar-refractivity contribution in [1.82, 2.24) is 5.32 Å². The third-order valence-electron chi connectivity index (χ3n) is 1.84. The van der Waals surface area contributed by atoms with E-state index in [4.69, 9.17) is 0 Å². The van der Waals surface area contributed by atoms with Gasteiger partial charge in [0.2, 0.25) is 5.91 Å². The number of hydrogen-bond donors (Lipinski definition) is 2. The predicted octanol–water partition coefficient (Wildman–Crippen LogP) is 0.426. The molecule has 0 saturated carbocycles. The molecule has 0 radical (unpaired) electrons. The van der Waals surface area contributed by atoms with Crippen LogP contribution in [0.25, 0.3) is 0 Å². The van der Waals surface area contributed by atoms with Gasteiger partial charge in [-0.25, -0.2) is 0 Å². The number of carbonyl (C=O) groups is 1. The zero-order valence-corrected chi connectivity index (χ0v) is 7.27. The highest BCUT2D eigenvalue weighted by Crippen LogP contribution is 2.27. The first-order valence-electron chi connectivity index (χ1n) is 3.84. The summed E-state index contributed by atoms with van der Waals surface area (Å²) in [5.41, 5.74) is -1.09. The molecule has 0 aliphatic carbocycles. The highest BCUT2D eigenvalue weighted by Gasteiger charge is 2.38. The maximum Gasteiger partial charge on any atom is 0.223 e. The van der Waals surface area contributed by atoms with E-state index in [-0.39, 0.29) is 17.9 Å². The molecule has 1 unspecified atom stereocenters. The summed E-state index contributed by atoms with van der Waals surface area (Å²) in [4.78, 5) is 11.0. The van der Waals surface area contributed by atoms with Gasteiger partial charge in [-0.05, 0) is 27.2 Å². The molecular formula is C8H15NO2. The Bertz CT molecular complexity index is 167. The molecule has 1 aliphatic heterocycles. The van der Waals surface area contributed by atoms with Crippen molar-refractivity contribution in [2.24, 2.45) is 0 Å². The van der Waals surface area contributed by atoms with Crippen molar-refractivity contribution < 1.29 is 9.90 Å². The predicted molar refractivity (Wildman–Crippen MR) is 42.1 cm³/mol. The fourth-order valence-corrected chi connectivity index (χ4v) is 1.83. The third kappa shape index (κ3) is 2.19. The smallest absolute Gasteiger partial charge is 0.223 e. The van der Waals surface area contributed by atoms with Crippen LogP contribution in [0.4, 0.5) is 0 Å². The summed E-state index contributed by atoms with van der Waals surface area (Å²) in [6, 6.07) is 0. The van der Waals surface area contributed by atoms with Crippen molar-refractivity contribution in [2.75, 3.05) is 0 Å². The second-order valence-electron chi connectivity index (χ2n) is 4.28. The van der Waals surface area contributed by atoms with Crippen molar-refractivity contribution in [2.45, 2.75) is 44.8 Å². The number of rotatable bonds is 0. The van der Waals surface area contributed by atoms with Gasteiger partial charge in [0.1, 0.15) is 0 Å². The molecule has 64 valence electrons. The molecule has 0 aromatic rings.